The van der Waals surface area contributed by atoms with Crippen molar-refractivity contribution in [2.45, 2.75) is 27.3 Å². The summed E-state index contributed by atoms with van der Waals surface area (Å²) in [5, 5.41) is 2.81. The molecule has 0 unspecified atom stereocenters. The lowest BCUT2D eigenvalue weighted by Crippen LogP contribution is -2.42. The third-order valence-corrected chi connectivity index (χ3v) is 5.36. The van der Waals surface area contributed by atoms with E-state index in [0.717, 1.165) is 4.57 Å². The fraction of sp³-hybridized carbons (Fsp3) is 0.273. The molecular weight excluding hydrogens is 422 g/mol. The second-order valence-electron chi connectivity index (χ2n) is 6.94. The summed E-state index contributed by atoms with van der Waals surface area (Å²) >= 11 is 6.27. The highest BCUT2D eigenvalue weighted by Gasteiger charge is 2.24. The monoisotopic (exact) mass is 443 g/mol. The molecule has 1 amide bonds. The Labute approximate surface area is 183 Å². The average molecular weight is 444 g/mol. The predicted octanol–water partition coefficient (Wildman–Crippen LogP) is 2.35. The van der Waals surface area contributed by atoms with E-state index in [2.05, 4.69) is 5.32 Å². The molecule has 3 rings (SSSR count). The number of nitrogens with zero attached hydrogens (tertiary/aromatic N) is 2. The van der Waals surface area contributed by atoms with Crippen LogP contribution in [0, 0.1) is 13.8 Å². The predicted molar refractivity (Wildman–Crippen MR) is 118 cm³/mol. The number of para-hydroxylation sites is 1. The van der Waals surface area contributed by atoms with Crippen molar-refractivity contribution in [3.63, 3.8) is 0 Å². The van der Waals surface area contributed by atoms with Crippen molar-refractivity contribution >= 4 is 34.4 Å². The lowest BCUT2D eigenvalue weighted by atomic mass is 9.98. The molecule has 0 spiro atoms. The van der Waals surface area contributed by atoms with Gasteiger partial charge in [0.2, 0.25) is 5.91 Å². The molecule has 162 valence electrons. The molecule has 1 N–H and O–H groups in total. The van der Waals surface area contributed by atoms with Gasteiger partial charge in [-0.05, 0) is 50.1 Å². The van der Waals surface area contributed by atoms with Crippen molar-refractivity contribution in [3.8, 4) is 5.69 Å². The number of esters is 1. The topological polar surface area (TPSA) is 99.4 Å². The summed E-state index contributed by atoms with van der Waals surface area (Å²) in [7, 11) is 1.45. The van der Waals surface area contributed by atoms with E-state index < -0.39 is 23.1 Å². The summed E-state index contributed by atoms with van der Waals surface area (Å²) in [6.45, 7) is 4.86. The number of aromatic nitrogens is 2. The number of rotatable bonds is 5. The zero-order valence-electron chi connectivity index (χ0n) is 17.6. The van der Waals surface area contributed by atoms with E-state index in [-0.39, 0.29) is 40.3 Å². The maximum Gasteiger partial charge on any atom is 0.338 e. The normalized spacial score (nSPS) is 10.9. The van der Waals surface area contributed by atoms with Crippen LogP contribution in [-0.2, 0) is 16.1 Å². The van der Waals surface area contributed by atoms with Crippen LogP contribution in [0.4, 0.5) is 0 Å². The van der Waals surface area contributed by atoms with Gasteiger partial charge >= 0.3 is 11.7 Å². The number of aryl methyl sites for hydroxylation is 2. The highest BCUT2D eigenvalue weighted by molar-refractivity contribution is 6.32. The molecule has 31 heavy (non-hydrogen) atoms. The first-order chi connectivity index (χ1) is 14.7. The van der Waals surface area contributed by atoms with Crippen LogP contribution >= 0.6 is 11.6 Å². The number of amides is 1. The van der Waals surface area contributed by atoms with Crippen molar-refractivity contribution < 1.29 is 14.3 Å². The van der Waals surface area contributed by atoms with Gasteiger partial charge in [-0.15, -0.1) is 0 Å². The molecule has 9 heteroatoms. The number of carbonyl (C=O) groups is 2. The molecule has 0 saturated carbocycles. The summed E-state index contributed by atoms with van der Waals surface area (Å²) in [4.78, 5) is 51.6. The van der Waals surface area contributed by atoms with E-state index in [1.807, 2.05) is 0 Å². The lowest BCUT2D eigenvalue weighted by Gasteiger charge is -2.18. The van der Waals surface area contributed by atoms with Gasteiger partial charge < -0.3 is 10.1 Å². The Morgan fingerprint density at radius 2 is 1.84 bits per heavy atom. The molecule has 0 aliphatic carbocycles. The zero-order valence-corrected chi connectivity index (χ0v) is 18.4. The van der Waals surface area contributed by atoms with Gasteiger partial charge in [0.15, 0.2) is 0 Å². The second kappa shape index (κ2) is 8.77. The fourth-order valence-corrected chi connectivity index (χ4v) is 3.83. The summed E-state index contributed by atoms with van der Waals surface area (Å²) < 4.78 is 7.27. The number of ether oxygens (including phenoxy) is 1. The maximum atomic E-state index is 13.5. The van der Waals surface area contributed by atoms with Gasteiger partial charge in [0.1, 0.15) is 6.54 Å². The number of nitrogens with one attached hydrogen (secondary N) is 1. The third kappa shape index (κ3) is 3.86. The molecule has 1 aromatic heterocycles. The maximum absolute atomic E-state index is 13.5. The largest absolute Gasteiger partial charge is 0.462 e. The number of halogens is 1. The Morgan fingerprint density at radius 1 is 1.16 bits per heavy atom. The quantitative estimate of drug-likeness (QED) is 0.610. The highest BCUT2D eigenvalue weighted by Crippen LogP contribution is 2.25. The molecule has 0 radical (unpaired) electrons. The molecule has 3 aromatic rings. The smallest absolute Gasteiger partial charge is 0.338 e. The molecule has 0 aliphatic rings. The van der Waals surface area contributed by atoms with E-state index in [0.29, 0.717) is 11.1 Å². The SMILES string of the molecule is CCOC(=O)c1c(C)cc2c(c1C)c(=O)n(-c1ccccc1Cl)c(=O)n2CC(=O)NC. The number of hydrogen-bond acceptors (Lipinski definition) is 5. The highest BCUT2D eigenvalue weighted by atomic mass is 35.5. The van der Waals surface area contributed by atoms with Crippen LogP contribution in [-0.4, -0.2) is 34.7 Å². The Bertz CT molecular complexity index is 1320. The number of carbonyl (C=O) groups excluding carboxylic acids is 2. The van der Waals surface area contributed by atoms with Crippen LogP contribution in [0.5, 0.6) is 0 Å². The first-order valence-corrected chi connectivity index (χ1v) is 10.0. The van der Waals surface area contributed by atoms with Crippen molar-refractivity contribution in [2.75, 3.05) is 13.7 Å². The zero-order chi connectivity index (χ0) is 22.9. The van der Waals surface area contributed by atoms with Gasteiger partial charge in [0.05, 0.1) is 33.8 Å². The summed E-state index contributed by atoms with van der Waals surface area (Å²) in [5.41, 5.74) is 0.242. The van der Waals surface area contributed by atoms with Gasteiger partial charge in [-0.3, -0.25) is 14.2 Å². The van der Waals surface area contributed by atoms with Crippen molar-refractivity contribution in [3.05, 3.63) is 72.9 Å². The molecule has 2 aromatic carbocycles. The van der Waals surface area contributed by atoms with Crippen LogP contribution in [0.1, 0.15) is 28.4 Å². The minimum atomic E-state index is -0.711. The Morgan fingerprint density at radius 3 is 2.45 bits per heavy atom. The van der Waals surface area contributed by atoms with E-state index in [1.165, 1.54) is 17.7 Å². The fourth-order valence-electron chi connectivity index (χ4n) is 3.61. The van der Waals surface area contributed by atoms with E-state index in [9.17, 15) is 19.2 Å². The van der Waals surface area contributed by atoms with Gasteiger partial charge in [-0.2, -0.15) is 0 Å². The van der Waals surface area contributed by atoms with Gasteiger partial charge in [0.25, 0.3) is 5.56 Å². The lowest BCUT2D eigenvalue weighted by molar-refractivity contribution is -0.121. The Balaban J connectivity index is 2.53. The van der Waals surface area contributed by atoms with Gasteiger partial charge in [-0.25, -0.2) is 14.2 Å². The number of benzene rings is 2. The van der Waals surface area contributed by atoms with Crippen LogP contribution in [0.2, 0.25) is 5.02 Å². The van der Waals surface area contributed by atoms with Crippen LogP contribution < -0.4 is 16.6 Å². The van der Waals surface area contributed by atoms with Gasteiger partial charge in [-0.1, -0.05) is 23.7 Å². The number of hydrogen-bond donors (Lipinski definition) is 1. The minimum absolute atomic E-state index is 0.136. The molecule has 0 atom stereocenters. The van der Waals surface area contributed by atoms with Crippen molar-refractivity contribution in [1.29, 1.82) is 0 Å². The molecular formula is C22H22ClN3O5. The van der Waals surface area contributed by atoms with E-state index >= 15 is 0 Å². The second-order valence-corrected chi connectivity index (χ2v) is 7.35. The van der Waals surface area contributed by atoms with E-state index in [1.54, 1.807) is 45.0 Å². The van der Waals surface area contributed by atoms with E-state index in [4.69, 9.17) is 16.3 Å². The average Bonchev–Trinajstić information content (AvgIpc) is 2.72. The van der Waals surface area contributed by atoms with Crippen LogP contribution in [0.3, 0.4) is 0 Å². The van der Waals surface area contributed by atoms with Crippen LogP contribution in [0.25, 0.3) is 16.6 Å². The molecule has 8 nitrogen and oxygen atoms in total. The molecule has 0 bridgehead atoms. The third-order valence-electron chi connectivity index (χ3n) is 5.04. The molecule has 0 saturated heterocycles. The van der Waals surface area contributed by atoms with Crippen LogP contribution in [0.15, 0.2) is 39.9 Å². The Kier molecular flexibility index (Phi) is 6.31. The Hall–Kier alpha value is -3.39. The molecule has 0 aliphatic heterocycles. The molecule has 1 heterocycles. The standard InChI is InChI=1S/C22H22ClN3O5/c1-5-31-21(29)18-12(2)10-16-19(13(18)3)20(28)26(15-9-7-6-8-14(15)23)22(30)25(16)11-17(27)24-4/h6-10H,5,11H2,1-4H3,(H,24,27). The number of likely N-dealkylation sites (N-methyl/N-ethyl adjacent to an activating group) is 1. The summed E-state index contributed by atoms with van der Waals surface area (Å²) in [6, 6.07) is 7.97. The number of fused-ring (bicyclic) bond motifs is 1. The summed E-state index contributed by atoms with van der Waals surface area (Å²) in [5.74, 6) is -0.982. The van der Waals surface area contributed by atoms with Crippen molar-refractivity contribution in [1.82, 2.24) is 14.5 Å². The summed E-state index contributed by atoms with van der Waals surface area (Å²) in [6.07, 6.45) is 0. The van der Waals surface area contributed by atoms with Gasteiger partial charge in [0, 0.05) is 7.05 Å². The molecule has 0 fully saturated rings. The first-order valence-electron chi connectivity index (χ1n) is 9.65. The first kappa shape index (κ1) is 22.3. The van der Waals surface area contributed by atoms with Crippen molar-refractivity contribution in [2.24, 2.45) is 0 Å². The minimum Gasteiger partial charge on any atom is -0.462 e.